The predicted molar refractivity (Wildman–Crippen MR) is 75.8 cm³/mol. The van der Waals surface area contributed by atoms with Crippen LogP contribution in [0.5, 0.6) is 0 Å². The molecule has 1 aliphatic carbocycles. The Balaban J connectivity index is 1.93. The van der Waals surface area contributed by atoms with Crippen molar-refractivity contribution in [3.05, 3.63) is 21.6 Å². The normalized spacial score (nSPS) is 15.3. The molecule has 106 valence electrons. The number of hydrogen-bond acceptors (Lipinski definition) is 4. The zero-order chi connectivity index (χ0) is 13.7. The molecule has 0 atom stereocenters. The van der Waals surface area contributed by atoms with Gasteiger partial charge in [-0.1, -0.05) is 30.9 Å². The van der Waals surface area contributed by atoms with Gasteiger partial charge in [-0.05, 0) is 12.3 Å². The first kappa shape index (κ1) is 14.3. The maximum Gasteiger partial charge on any atom is 0.287 e. The number of aromatic nitrogens is 2. The Bertz CT molecular complexity index is 471. The number of rotatable bonds is 7. The van der Waals surface area contributed by atoms with Crippen LogP contribution in [0.3, 0.4) is 0 Å². The Morgan fingerprint density at radius 1 is 1.58 bits per heavy atom. The lowest BCUT2D eigenvalue weighted by atomic mass is 9.83. The largest absolute Gasteiger partial charge is 0.383 e. The van der Waals surface area contributed by atoms with E-state index in [9.17, 15) is 4.79 Å². The second-order valence-electron chi connectivity index (χ2n) is 4.91. The van der Waals surface area contributed by atoms with Gasteiger partial charge >= 0.3 is 0 Å². The monoisotopic (exact) mass is 285 g/mol. The molecule has 0 aliphatic heterocycles. The number of nitrogens with zero attached hydrogens (tertiary/aromatic N) is 2. The molecular weight excluding hydrogens is 266 g/mol. The Morgan fingerprint density at radius 3 is 3.00 bits per heavy atom. The van der Waals surface area contributed by atoms with Crippen molar-refractivity contribution in [3.8, 4) is 0 Å². The van der Waals surface area contributed by atoms with Gasteiger partial charge in [0, 0.05) is 13.7 Å². The number of halogens is 1. The lowest BCUT2D eigenvalue weighted by molar-refractivity contribution is 0.182. The highest BCUT2D eigenvalue weighted by atomic mass is 35.5. The van der Waals surface area contributed by atoms with Crippen LogP contribution in [-0.4, -0.2) is 30.0 Å². The maximum absolute atomic E-state index is 11.9. The summed E-state index contributed by atoms with van der Waals surface area (Å²) in [7, 11) is 1.59. The van der Waals surface area contributed by atoms with Gasteiger partial charge in [0.15, 0.2) is 0 Å². The topological polar surface area (TPSA) is 56.1 Å². The van der Waals surface area contributed by atoms with Crippen LogP contribution in [0.4, 0.5) is 5.69 Å². The predicted octanol–water partition coefficient (Wildman–Crippen LogP) is 2.15. The molecular formula is C13H20ClN3O2. The smallest absolute Gasteiger partial charge is 0.287 e. The van der Waals surface area contributed by atoms with Crippen molar-refractivity contribution in [1.82, 2.24) is 9.78 Å². The van der Waals surface area contributed by atoms with Crippen LogP contribution in [0.2, 0.25) is 5.02 Å². The zero-order valence-corrected chi connectivity index (χ0v) is 11.9. The molecule has 0 amide bonds. The highest BCUT2D eigenvalue weighted by Gasteiger charge is 2.17. The highest BCUT2D eigenvalue weighted by molar-refractivity contribution is 6.32. The van der Waals surface area contributed by atoms with E-state index in [4.69, 9.17) is 16.3 Å². The molecule has 1 aromatic rings. The first-order chi connectivity index (χ1) is 9.22. The van der Waals surface area contributed by atoms with E-state index < -0.39 is 0 Å². The van der Waals surface area contributed by atoms with Gasteiger partial charge in [0.2, 0.25) is 0 Å². The van der Waals surface area contributed by atoms with Gasteiger partial charge in [0.25, 0.3) is 5.56 Å². The van der Waals surface area contributed by atoms with Crippen molar-refractivity contribution < 1.29 is 4.74 Å². The molecule has 0 bridgehead atoms. The number of hydrogen-bond donors (Lipinski definition) is 1. The van der Waals surface area contributed by atoms with Crippen LogP contribution < -0.4 is 10.9 Å². The van der Waals surface area contributed by atoms with Crippen LogP contribution in [0.25, 0.3) is 0 Å². The molecule has 6 heteroatoms. The molecule has 1 heterocycles. The van der Waals surface area contributed by atoms with Crippen LogP contribution in [-0.2, 0) is 11.3 Å². The van der Waals surface area contributed by atoms with Crippen LogP contribution >= 0.6 is 11.6 Å². The molecule has 1 saturated carbocycles. The average Bonchev–Trinajstić information content (AvgIpc) is 2.36. The van der Waals surface area contributed by atoms with E-state index in [2.05, 4.69) is 10.4 Å². The van der Waals surface area contributed by atoms with Crippen LogP contribution in [0.1, 0.15) is 25.7 Å². The molecule has 2 rings (SSSR count). The Morgan fingerprint density at radius 2 is 2.37 bits per heavy atom. The molecule has 5 nitrogen and oxygen atoms in total. The summed E-state index contributed by atoms with van der Waals surface area (Å²) in [6.45, 7) is 1.70. The van der Waals surface area contributed by atoms with Gasteiger partial charge < -0.3 is 10.1 Å². The third-order valence-corrected chi connectivity index (χ3v) is 3.95. The lowest BCUT2D eigenvalue weighted by Crippen LogP contribution is -2.26. The van der Waals surface area contributed by atoms with E-state index in [0.29, 0.717) is 18.8 Å². The first-order valence-electron chi connectivity index (χ1n) is 6.71. The summed E-state index contributed by atoms with van der Waals surface area (Å²) in [5.74, 6) is 0.835. The zero-order valence-electron chi connectivity index (χ0n) is 11.2. The molecule has 1 N–H and O–H groups in total. The van der Waals surface area contributed by atoms with E-state index >= 15 is 0 Å². The summed E-state index contributed by atoms with van der Waals surface area (Å²) in [5.41, 5.74) is 0.354. The SMILES string of the molecule is COCCn1ncc(NCCC2CCC2)c(Cl)c1=O. The summed E-state index contributed by atoms with van der Waals surface area (Å²) in [4.78, 5) is 11.9. The fourth-order valence-electron chi connectivity index (χ4n) is 2.12. The molecule has 1 aliphatic rings. The molecule has 0 spiro atoms. The minimum absolute atomic E-state index is 0.208. The van der Waals surface area contributed by atoms with Crippen molar-refractivity contribution in [1.29, 1.82) is 0 Å². The maximum atomic E-state index is 11.9. The van der Waals surface area contributed by atoms with Crippen molar-refractivity contribution in [2.45, 2.75) is 32.2 Å². The molecule has 1 aromatic heterocycles. The highest BCUT2D eigenvalue weighted by Crippen LogP contribution is 2.29. The number of methoxy groups -OCH3 is 1. The van der Waals surface area contributed by atoms with E-state index in [1.165, 1.54) is 23.9 Å². The fourth-order valence-corrected chi connectivity index (χ4v) is 2.33. The second kappa shape index (κ2) is 6.91. The molecule has 1 fully saturated rings. The van der Waals surface area contributed by atoms with Gasteiger partial charge in [0.05, 0.1) is 25.0 Å². The summed E-state index contributed by atoms with van der Waals surface area (Å²) in [6.07, 6.45) is 6.74. The quantitative estimate of drug-likeness (QED) is 0.834. The van der Waals surface area contributed by atoms with E-state index in [0.717, 1.165) is 18.9 Å². The van der Waals surface area contributed by atoms with Gasteiger partial charge in [-0.2, -0.15) is 5.10 Å². The van der Waals surface area contributed by atoms with Crippen molar-refractivity contribution in [3.63, 3.8) is 0 Å². The number of ether oxygens (including phenoxy) is 1. The van der Waals surface area contributed by atoms with Crippen molar-refractivity contribution in [2.75, 3.05) is 25.6 Å². The van der Waals surface area contributed by atoms with E-state index in [-0.39, 0.29) is 10.6 Å². The lowest BCUT2D eigenvalue weighted by Gasteiger charge is -2.25. The third-order valence-electron chi connectivity index (χ3n) is 3.58. The van der Waals surface area contributed by atoms with Crippen LogP contribution in [0, 0.1) is 5.92 Å². The summed E-state index contributed by atoms with van der Waals surface area (Å²) in [5, 5.41) is 7.49. The van der Waals surface area contributed by atoms with Gasteiger partial charge in [-0.3, -0.25) is 4.79 Å². The minimum atomic E-state index is -0.271. The van der Waals surface area contributed by atoms with Crippen molar-refractivity contribution in [2.24, 2.45) is 5.92 Å². The number of anilines is 1. The minimum Gasteiger partial charge on any atom is -0.383 e. The van der Waals surface area contributed by atoms with Crippen LogP contribution in [0.15, 0.2) is 11.0 Å². The molecule has 0 unspecified atom stereocenters. The van der Waals surface area contributed by atoms with E-state index in [1.54, 1.807) is 13.3 Å². The standard InChI is InChI=1S/C13H20ClN3O2/c1-19-8-7-17-13(18)12(14)11(9-16-17)15-6-5-10-3-2-4-10/h9-10,15H,2-8H2,1H3. The number of nitrogens with one attached hydrogen (secondary N) is 1. The fraction of sp³-hybridized carbons (Fsp3) is 0.692. The van der Waals surface area contributed by atoms with E-state index in [1.807, 2.05) is 0 Å². The second-order valence-corrected chi connectivity index (χ2v) is 5.28. The van der Waals surface area contributed by atoms with Gasteiger partial charge in [0.1, 0.15) is 5.02 Å². The first-order valence-corrected chi connectivity index (χ1v) is 7.08. The average molecular weight is 286 g/mol. The van der Waals surface area contributed by atoms with Gasteiger partial charge in [-0.15, -0.1) is 0 Å². The van der Waals surface area contributed by atoms with Gasteiger partial charge in [-0.25, -0.2) is 4.68 Å². The Hall–Kier alpha value is -1.07. The molecule has 0 saturated heterocycles. The summed E-state index contributed by atoms with van der Waals surface area (Å²) in [6, 6.07) is 0. The van der Waals surface area contributed by atoms with Crippen molar-refractivity contribution >= 4 is 17.3 Å². The Labute approximate surface area is 117 Å². The Kier molecular flexibility index (Phi) is 5.22. The molecule has 0 radical (unpaired) electrons. The molecule has 19 heavy (non-hydrogen) atoms. The summed E-state index contributed by atoms with van der Waals surface area (Å²) < 4.78 is 6.24. The third kappa shape index (κ3) is 3.70. The summed E-state index contributed by atoms with van der Waals surface area (Å²) >= 11 is 6.06. The molecule has 0 aromatic carbocycles.